The average Bonchev–Trinajstić information content (AvgIpc) is 3.00. The van der Waals surface area contributed by atoms with Crippen LogP contribution in [0.1, 0.15) is 12.8 Å². The molecule has 0 aliphatic heterocycles. The fourth-order valence-corrected chi connectivity index (χ4v) is 1.66. The summed E-state index contributed by atoms with van der Waals surface area (Å²) in [6.45, 7) is 0. The number of nitrogen functional groups attached to an aromatic ring is 1. The smallest absolute Gasteiger partial charge is 0.148 e. The maximum Gasteiger partial charge on any atom is 0.148 e. The Morgan fingerprint density at radius 1 is 1.47 bits per heavy atom. The van der Waals surface area contributed by atoms with Crippen LogP contribution in [0.15, 0.2) is 12.1 Å². The van der Waals surface area contributed by atoms with Gasteiger partial charge in [-0.2, -0.15) is 0 Å². The Kier molecular flexibility index (Phi) is 2.42. The highest BCUT2D eigenvalue weighted by molar-refractivity contribution is 5.63. The van der Waals surface area contributed by atoms with E-state index in [-0.39, 0.29) is 5.82 Å². The number of methoxy groups -OCH3 is 1. The van der Waals surface area contributed by atoms with Gasteiger partial charge in [-0.25, -0.2) is 4.39 Å². The molecule has 1 aromatic rings. The standard InChI is InChI=1S/C11H15FN2O/c1-14(7-3-4-7)10-6-11(15-2)9(13)5-8(10)12/h5-7H,3-4,13H2,1-2H3. The average molecular weight is 210 g/mol. The van der Waals surface area contributed by atoms with Gasteiger partial charge in [0.2, 0.25) is 0 Å². The minimum absolute atomic E-state index is 0.289. The molecule has 0 saturated heterocycles. The number of anilines is 2. The van der Waals surface area contributed by atoms with Crippen molar-refractivity contribution in [2.75, 3.05) is 24.8 Å². The van der Waals surface area contributed by atoms with E-state index < -0.39 is 0 Å². The lowest BCUT2D eigenvalue weighted by Gasteiger charge is -2.20. The van der Waals surface area contributed by atoms with Gasteiger partial charge < -0.3 is 15.4 Å². The molecule has 2 N–H and O–H groups in total. The van der Waals surface area contributed by atoms with Gasteiger partial charge in [-0.1, -0.05) is 0 Å². The molecule has 4 heteroatoms. The second kappa shape index (κ2) is 3.61. The van der Waals surface area contributed by atoms with Crippen LogP contribution in [0, 0.1) is 5.82 Å². The molecular formula is C11H15FN2O. The molecule has 82 valence electrons. The molecule has 0 atom stereocenters. The predicted molar refractivity (Wildman–Crippen MR) is 58.8 cm³/mol. The first kappa shape index (κ1) is 10.1. The van der Waals surface area contributed by atoms with Crippen molar-refractivity contribution >= 4 is 11.4 Å². The molecule has 0 radical (unpaired) electrons. The van der Waals surface area contributed by atoms with Crippen molar-refractivity contribution < 1.29 is 9.13 Å². The highest BCUT2D eigenvalue weighted by Gasteiger charge is 2.28. The Hall–Kier alpha value is -1.45. The summed E-state index contributed by atoms with van der Waals surface area (Å²) in [7, 11) is 3.43. The van der Waals surface area contributed by atoms with Crippen molar-refractivity contribution in [3.05, 3.63) is 17.9 Å². The Balaban J connectivity index is 2.36. The van der Waals surface area contributed by atoms with Crippen LogP contribution in [-0.2, 0) is 0 Å². The van der Waals surface area contributed by atoms with Crippen molar-refractivity contribution in [2.45, 2.75) is 18.9 Å². The summed E-state index contributed by atoms with van der Waals surface area (Å²) in [5.74, 6) is 0.238. The molecule has 0 bridgehead atoms. The summed E-state index contributed by atoms with van der Waals surface area (Å²) in [4.78, 5) is 1.94. The fourth-order valence-electron chi connectivity index (χ4n) is 1.66. The van der Waals surface area contributed by atoms with Crippen molar-refractivity contribution in [2.24, 2.45) is 0 Å². The van der Waals surface area contributed by atoms with Crippen LogP contribution >= 0.6 is 0 Å². The van der Waals surface area contributed by atoms with Gasteiger partial charge in [0.05, 0.1) is 18.5 Å². The lowest BCUT2D eigenvalue weighted by Crippen LogP contribution is -2.20. The Bertz CT molecular complexity index is 377. The largest absolute Gasteiger partial charge is 0.495 e. The van der Waals surface area contributed by atoms with Crippen LogP contribution in [-0.4, -0.2) is 20.2 Å². The number of nitrogens with two attached hydrogens (primary N) is 1. The van der Waals surface area contributed by atoms with Gasteiger partial charge in [-0.15, -0.1) is 0 Å². The molecule has 0 aromatic heterocycles. The highest BCUT2D eigenvalue weighted by atomic mass is 19.1. The van der Waals surface area contributed by atoms with Crippen LogP contribution in [0.2, 0.25) is 0 Å². The summed E-state index contributed by atoms with van der Waals surface area (Å²) in [6.07, 6.45) is 2.26. The van der Waals surface area contributed by atoms with Crippen molar-refractivity contribution in [1.29, 1.82) is 0 Å². The van der Waals surface area contributed by atoms with E-state index in [1.54, 1.807) is 6.07 Å². The molecule has 0 unspecified atom stereocenters. The van der Waals surface area contributed by atoms with E-state index in [1.807, 2.05) is 11.9 Å². The van der Waals surface area contributed by atoms with E-state index in [4.69, 9.17) is 10.5 Å². The number of hydrogen-bond acceptors (Lipinski definition) is 3. The van der Waals surface area contributed by atoms with E-state index in [0.717, 1.165) is 12.8 Å². The molecule has 1 saturated carbocycles. The quantitative estimate of drug-likeness (QED) is 0.776. The Morgan fingerprint density at radius 2 is 2.13 bits per heavy atom. The summed E-state index contributed by atoms with van der Waals surface area (Å²) in [5.41, 5.74) is 6.50. The third kappa shape index (κ3) is 1.84. The first-order chi connectivity index (χ1) is 7.13. The van der Waals surface area contributed by atoms with Crippen LogP contribution < -0.4 is 15.4 Å². The molecule has 1 aromatic carbocycles. The van der Waals surface area contributed by atoms with E-state index in [2.05, 4.69) is 0 Å². The van der Waals surface area contributed by atoms with Gasteiger partial charge in [-0.05, 0) is 12.8 Å². The number of hydrogen-bond donors (Lipinski definition) is 1. The van der Waals surface area contributed by atoms with Crippen LogP contribution in [0.25, 0.3) is 0 Å². The molecule has 3 nitrogen and oxygen atoms in total. The number of benzene rings is 1. The van der Waals surface area contributed by atoms with Crippen molar-refractivity contribution in [3.63, 3.8) is 0 Å². The van der Waals surface area contributed by atoms with E-state index in [1.165, 1.54) is 13.2 Å². The molecule has 2 rings (SSSR count). The van der Waals surface area contributed by atoms with E-state index in [9.17, 15) is 4.39 Å². The number of ether oxygens (including phenoxy) is 1. The summed E-state index contributed by atoms with van der Waals surface area (Å²) >= 11 is 0. The van der Waals surface area contributed by atoms with Gasteiger partial charge >= 0.3 is 0 Å². The Morgan fingerprint density at radius 3 is 2.67 bits per heavy atom. The second-order valence-corrected chi connectivity index (χ2v) is 3.89. The molecule has 0 amide bonds. The van der Waals surface area contributed by atoms with Gasteiger partial charge in [0.1, 0.15) is 11.6 Å². The lowest BCUT2D eigenvalue weighted by atomic mass is 10.2. The van der Waals surface area contributed by atoms with Gasteiger partial charge in [0, 0.05) is 25.2 Å². The monoisotopic (exact) mass is 210 g/mol. The molecule has 1 aliphatic carbocycles. The number of halogens is 1. The maximum atomic E-state index is 13.6. The minimum atomic E-state index is -0.289. The molecular weight excluding hydrogens is 195 g/mol. The molecule has 0 spiro atoms. The molecule has 0 heterocycles. The molecule has 1 fully saturated rings. The van der Waals surface area contributed by atoms with Crippen LogP contribution in [0.4, 0.5) is 15.8 Å². The zero-order valence-corrected chi connectivity index (χ0v) is 8.96. The van der Waals surface area contributed by atoms with Gasteiger partial charge in [-0.3, -0.25) is 0 Å². The normalized spacial score (nSPS) is 15.1. The Labute approximate surface area is 88.6 Å². The zero-order valence-electron chi connectivity index (χ0n) is 8.96. The lowest BCUT2D eigenvalue weighted by molar-refractivity contribution is 0.416. The topological polar surface area (TPSA) is 38.5 Å². The summed E-state index contributed by atoms with van der Waals surface area (Å²) < 4.78 is 18.7. The van der Waals surface area contributed by atoms with E-state index in [0.29, 0.717) is 23.2 Å². The summed E-state index contributed by atoms with van der Waals surface area (Å²) in [6, 6.07) is 3.43. The first-order valence-electron chi connectivity index (χ1n) is 4.99. The predicted octanol–water partition coefficient (Wildman–Crippen LogP) is 2.02. The third-order valence-electron chi connectivity index (χ3n) is 2.77. The van der Waals surface area contributed by atoms with Crippen molar-refractivity contribution in [3.8, 4) is 5.75 Å². The first-order valence-corrected chi connectivity index (χ1v) is 4.99. The number of rotatable bonds is 3. The minimum Gasteiger partial charge on any atom is -0.495 e. The SMILES string of the molecule is COc1cc(N(C)C2CC2)c(F)cc1N. The fraction of sp³-hybridized carbons (Fsp3) is 0.455. The maximum absolute atomic E-state index is 13.6. The second-order valence-electron chi connectivity index (χ2n) is 3.89. The summed E-state index contributed by atoms with van der Waals surface area (Å²) in [5, 5.41) is 0. The third-order valence-corrected chi connectivity index (χ3v) is 2.77. The van der Waals surface area contributed by atoms with Gasteiger partial charge in [0.25, 0.3) is 0 Å². The highest BCUT2D eigenvalue weighted by Crippen LogP contribution is 2.35. The molecule has 15 heavy (non-hydrogen) atoms. The van der Waals surface area contributed by atoms with Gasteiger partial charge in [0.15, 0.2) is 0 Å². The van der Waals surface area contributed by atoms with Crippen LogP contribution in [0.5, 0.6) is 5.75 Å². The zero-order chi connectivity index (χ0) is 11.0. The van der Waals surface area contributed by atoms with E-state index >= 15 is 0 Å². The van der Waals surface area contributed by atoms with Crippen LogP contribution in [0.3, 0.4) is 0 Å². The van der Waals surface area contributed by atoms with Crippen molar-refractivity contribution in [1.82, 2.24) is 0 Å². The number of nitrogens with zero attached hydrogens (tertiary/aromatic N) is 1. The molecule has 1 aliphatic rings.